The van der Waals surface area contributed by atoms with E-state index in [-0.39, 0.29) is 0 Å². The summed E-state index contributed by atoms with van der Waals surface area (Å²) >= 11 is 6.68. The van der Waals surface area contributed by atoms with Crippen molar-refractivity contribution in [2.24, 2.45) is 0 Å². The van der Waals surface area contributed by atoms with Crippen LogP contribution in [0.3, 0.4) is 0 Å². The van der Waals surface area contributed by atoms with Crippen molar-refractivity contribution < 1.29 is 0 Å². The van der Waals surface area contributed by atoms with E-state index in [1.165, 1.54) is 69.8 Å². The number of hydrogen-bond donors (Lipinski definition) is 0. The van der Waals surface area contributed by atoms with E-state index in [1.807, 2.05) is 0 Å². The standard InChI is InChI=1S/C22H37Cl/c1-5-9-11-14-18(7-3)20-16-13-17-21(23)22(20)19(8-4)15-12-10-6-2/h13,16-19H,5-12,14-15H2,1-4H3. The number of unbranched alkanes of at least 4 members (excludes halogenated alkanes) is 4. The quantitative estimate of drug-likeness (QED) is 0.335. The normalized spacial score (nSPS) is 14.0. The maximum Gasteiger partial charge on any atom is 0.0443 e. The zero-order valence-corrected chi connectivity index (χ0v) is 16.6. The summed E-state index contributed by atoms with van der Waals surface area (Å²) in [6, 6.07) is 6.61. The van der Waals surface area contributed by atoms with Crippen LogP contribution in [0.1, 0.15) is 115 Å². The van der Waals surface area contributed by atoms with E-state index in [1.54, 1.807) is 5.56 Å². The molecule has 0 aliphatic carbocycles. The molecule has 2 atom stereocenters. The van der Waals surface area contributed by atoms with Gasteiger partial charge in [0.2, 0.25) is 0 Å². The molecule has 0 fully saturated rings. The Kier molecular flexibility index (Phi) is 10.7. The number of rotatable bonds is 12. The monoisotopic (exact) mass is 336 g/mol. The second kappa shape index (κ2) is 12.0. The lowest BCUT2D eigenvalue weighted by Gasteiger charge is -2.25. The molecule has 0 saturated heterocycles. The van der Waals surface area contributed by atoms with Crippen molar-refractivity contribution in [1.82, 2.24) is 0 Å². The molecule has 0 aliphatic rings. The van der Waals surface area contributed by atoms with Crippen molar-refractivity contribution >= 4 is 11.6 Å². The summed E-state index contributed by atoms with van der Waals surface area (Å²) in [4.78, 5) is 0. The van der Waals surface area contributed by atoms with Crippen LogP contribution in [0.25, 0.3) is 0 Å². The lowest BCUT2D eigenvalue weighted by molar-refractivity contribution is 0.521. The van der Waals surface area contributed by atoms with Crippen LogP contribution in [-0.4, -0.2) is 0 Å². The van der Waals surface area contributed by atoms with Gasteiger partial charge < -0.3 is 0 Å². The maximum absolute atomic E-state index is 6.68. The van der Waals surface area contributed by atoms with Gasteiger partial charge in [0.15, 0.2) is 0 Å². The highest BCUT2D eigenvalue weighted by Crippen LogP contribution is 2.39. The Morgan fingerprint density at radius 2 is 1.35 bits per heavy atom. The van der Waals surface area contributed by atoms with E-state index in [2.05, 4.69) is 45.9 Å². The Bertz CT molecular complexity index is 424. The van der Waals surface area contributed by atoms with Crippen LogP contribution in [0, 0.1) is 0 Å². The third kappa shape index (κ3) is 6.49. The van der Waals surface area contributed by atoms with Crippen molar-refractivity contribution in [3.63, 3.8) is 0 Å². The van der Waals surface area contributed by atoms with Crippen LogP contribution in [0.15, 0.2) is 18.2 Å². The lowest BCUT2D eigenvalue weighted by atomic mass is 9.81. The first-order chi connectivity index (χ1) is 11.2. The molecule has 0 amide bonds. The predicted octanol–water partition coefficient (Wildman–Crippen LogP) is 8.49. The Morgan fingerprint density at radius 3 is 1.87 bits per heavy atom. The molecule has 1 aromatic carbocycles. The molecule has 132 valence electrons. The maximum atomic E-state index is 6.68. The third-order valence-electron chi connectivity index (χ3n) is 5.23. The van der Waals surface area contributed by atoms with E-state index in [0.29, 0.717) is 11.8 Å². The Balaban J connectivity index is 2.99. The second-order valence-corrected chi connectivity index (χ2v) is 7.35. The van der Waals surface area contributed by atoms with Gasteiger partial charge in [0.25, 0.3) is 0 Å². The highest BCUT2D eigenvalue weighted by Gasteiger charge is 2.21. The van der Waals surface area contributed by atoms with Crippen LogP contribution >= 0.6 is 11.6 Å². The average Bonchev–Trinajstić information content (AvgIpc) is 2.56. The van der Waals surface area contributed by atoms with Gasteiger partial charge in [0, 0.05) is 5.02 Å². The van der Waals surface area contributed by atoms with Crippen molar-refractivity contribution in [3.05, 3.63) is 34.3 Å². The molecule has 0 nitrogen and oxygen atoms in total. The Morgan fingerprint density at radius 1 is 0.783 bits per heavy atom. The first-order valence-corrected chi connectivity index (χ1v) is 10.3. The highest BCUT2D eigenvalue weighted by molar-refractivity contribution is 6.31. The summed E-state index contributed by atoms with van der Waals surface area (Å²) in [5.41, 5.74) is 3.01. The molecule has 0 saturated carbocycles. The molecule has 1 heteroatoms. The van der Waals surface area contributed by atoms with Crippen molar-refractivity contribution in [1.29, 1.82) is 0 Å². The molecular formula is C22H37Cl. The highest BCUT2D eigenvalue weighted by atomic mass is 35.5. The van der Waals surface area contributed by atoms with Crippen LogP contribution in [-0.2, 0) is 0 Å². The van der Waals surface area contributed by atoms with Crippen LogP contribution < -0.4 is 0 Å². The summed E-state index contributed by atoms with van der Waals surface area (Å²) in [5, 5.41) is 1.000. The van der Waals surface area contributed by atoms with Crippen molar-refractivity contribution in [2.75, 3.05) is 0 Å². The molecule has 23 heavy (non-hydrogen) atoms. The summed E-state index contributed by atoms with van der Waals surface area (Å²) in [7, 11) is 0. The summed E-state index contributed by atoms with van der Waals surface area (Å²) < 4.78 is 0. The predicted molar refractivity (Wildman–Crippen MR) is 106 cm³/mol. The molecule has 0 aromatic heterocycles. The van der Waals surface area contributed by atoms with E-state index < -0.39 is 0 Å². The van der Waals surface area contributed by atoms with Gasteiger partial charge in [0.1, 0.15) is 0 Å². The van der Waals surface area contributed by atoms with Gasteiger partial charge in [-0.15, -0.1) is 0 Å². The molecule has 0 aliphatic heterocycles. The fourth-order valence-corrected chi connectivity index (χ4v) is 4.09. The smallest absolute Gasteiger partial charge is 0.0443 e. The molecular weight excluding hydrogens is 300 g/mol. The van der Waals surface area contributed by atoms with Crippen molar-refractivity contribution in [3.8, 4) is 0 Å². The summed E-state index contributed by atoms with van der Waals surface area (Å²) in [6.45, 7) is 9.22. The largest absolute Gasteiger partial charge is 0.0840 e. The Hall–Kier alpha value is -0.490. The van der Waals surface area contributed by atoms with Crippen LogP contribution in [0.2, 0.25) is 5.02 Å². The average molecular weight is 337 g/mol. The van der Waals surface area contributed by atoms with E-state index in [9.17, 15) is 0 Å². The first kappa shape index (κ1) is 20.6. The molecule has 2 unspecified atom stereocenters. The van der Waals surface area contributed by atoms with Crippen LogP contribution in [0.5, 0.6) is 0 Å². The molecule has 0 heterocycles. The molecule has 0 N–H and O–H groups in total. The van der Waals surface area contributed by atoms with Gasteiger partial charge in [-0.05, 0) is 54.7 Å². The Labute approximate surface area is 150 Å². The second-order valence-electron chi connectivity index (χ2n) is 6.94. The SMILES string of the molecule is CCCCCC(CC)c1cccc(Cl)c1C(CC)CCCCC. The minimum absolute atomic E-state index is 0.630. The van der Waals surface area contributed by atoms with Gasteiger partial charge in [-0.2, -0.15) is 0 Å². The van der Waals surface area contributed by atoms with Gasteiger partial charge in [-0.25, -0.2) is 0 Å². The topological polar surface area (TPSA) is 0 Å². The van der Waals surface area contributed by atoms with E-state index >= 15 is 0 Å². The fraction of sp³-hybridized carbons (Fsp3) is 0.727. The fourth-order valence-electron chi connectivity index (χ4n) is 3.75. The molecule has 1 aromatic rings. The van der Waals surface area contributed by atoms with Crippen molar-refractivity contribution in [2.45, 2.75) is 104 Å². The molecule has 0 bridgehead atoms. The minimum Gasteiger partial charge on any atom is -0.0840 e. The summed E-state index contributed by atoms with van der Waals surface area (Å²) in [5.74, 6) is 1.31. The number of benzene rings is 1. The molecule has 1 rings (SSSR count). The first-order valence-electron chi connectivity index (χ1n) is 9.97. The lowest BCUT2D eigenvalue weighted by Crippen LogP contribution is -2.08. The zero-order chi connectivity index (χ0) is 17.1. The summed E-state index contributed by atoms with van der Waals surface area (Å²) in [6.07, 6.45) is 13.0. The molecule has 0 spiro atoms. The van der Waals surface area contributed by atoms with Gasteiger partial charge in [-0.3, -0.25) is 0 Å². The third-order valence-corrected chi connectivity index (χ3v) is 5.56. The van der Waals surface area contributed by atoms with Gasteiger partial charge in [0.05, 0.1) is 0 Å². The minimum atomic E-state index is 0.630. The number of hydrogen-bond acceptors (Lipinski definition) is 0. The number of halogens is 1. The van der Waals surface area contributed by atoms with Crippen LogP contribution in [0.4, 0.5) is 0 Å². The van der Waals surface area contributed by atoms with E-state index in [0.717, 1.165) is 5.02 Å². The van der Waals surface area contributed by atoms with Gasteiger partial charge >= 0.3 is 0 Å². The van der Waals surface area contributed by atoms with Gasteiger partial charge in [-0.1, -0.05) is 90.0 Å². The van der Waals surface area contributed by atoms with E-state index in [4.69, 9.17) is 11.6 Å². The molecule has 0 radical (unpaired) electrons. The zero-order valence-electron chi connectivity index (χ0n) is 15.8.